The van der Waals surface area contributed by atoms with Gasteiger partial charge in [0.05, 0.1) is 5.56 Å². The molecule has 0 amide bonds. The third-order valence-corrected chi connectivity index (χ3v) is 3.95. The summed E-state index contributed by atoms with van der Waals surface area (Å²) in [5.74, 6) is 0. The summed E-state index contributed by atoms with van der Waals surface area (Å²) in [6.07, 6.45) is -1.99. The first-order valence-electron chi connectivity index (χ1n) is 4.86. The maximum Gasteiger partial charge on any atom is 0.417 e. The molecule has 1 aromatic heterocycles. The highest BCUT2D eigenvalue weighted by molar-refractivity contribution is 7.10. The van der Waals surface area contributed by atoms with Gasteiger partial charge in [0.2, 0.25) is 0 Å². The maximum atomic E-state index is 12.6. The summed E-state index contributed by atoms with van der Waals surface area (Å²) >= 11 is 1.24. The molecule has 1 aliphatic carbocycles. The summed E-state index contributed by atoms with van der Waals surface area (Å²) in [5.41, 5.74) is 0.0838. The number of halogens is 4. The number of hydrogen-bond donors (Lipinski definition) is 1. The van der Waals surface area contributed by atoms with E-state index in [1.165, 1.54) is 16.7 Å². The molecule has 1 unspecified atom stereocenters. The van der Waals surface area contributed by atoms with Gasteiger partial charge in [0.1, 0.15) is 0 Å². The van der Waals surface area contributed by atoms with Crippen molar-refractivity contribution in [2.24, 2.45) is 0 Å². The molecular weight excluding hydrogens is 259 g/mol. The molecule has 0 saturated heterocycles. The van der Waals surface area contributed by atoms with Crippen molar-refractivity contribution in [2.75, 3.05) is 7.05 Å². The van der Waals surface area contributed by atoms with Crippen LogP contribution in [0.3, 0.4) is 0 Å². The average molecular weight is 272 g/mol. The van der Waals surface area contributed by atoms with Crippen molar-refractivity contribution in [3.8, 4) is 0 Å². The van der Waals surface area contributed by atoms with Gasteiger partial charge in [-0.1, -0.05) is 0 Å². The Morgan fingerprint density at radius 2 is 2.12 bits per heavy atom. The highest BCUT2D eigenvalue weighted by Gasteiger charge is 2.37. The summed E-state index contributed by atoms with van der Waals surface area (Å²) in [6, 6.07) is 0.188. The minimum absolute atomic E-state index is 0. The quantitative estimate of drug-likeness (QED) is 0.827. The Kier molecular flexibility index (Phi) is 4.26. The zero-order valence-corrected chi connectivity index (χ0v) is 10.4. The Hall–Kier alpha value is -0.260. The third kappa shape index (κ3) is 2.52. The van der Waals surface area contributed by atoms with E-state index in [2.05, 4.69) is 5.32 Å². The second kappa shape index (κ2) is 4.94. The highest BCUT2D eigenvalue weighted by atomic mass is 35.5. The second-order valence-corrected chi connectivity index (χ2v) is 4.74. The predicted molar refractivity (Wildman–Crippen MR) is 61.4 cm³/mol. The predicted octanol–water partition coefficient (Wildman–Crippen LogP) is 3.27. The fourth-order valence-corrected chi connectivity index (χ4v) is 3.10. The van der Waals surface area contributed by atoms with Crippen LogP contribution in [0.2, 0.25) is 0 Å². The fourth-order valence-electron chi connectivity index (χ4n) is 1.99. The van der Waals surface area contributed by atoms with Crippen molar-refractivity contribution >= 4 is 23.7 Å². The topological polar surface area (TPSA) is 12.0 Å². The molecule has 0 radical (unpaired) electrons. The van der Waals surface area contributed by atoms with Crippen LogP contribution in [0.1, 0.15) is 22.4 Å². The van der Waals surface area contributed by atoms with E-state index in [9.17, 15) is 13.2 Å². The van der Waals surface area contributed by atoms with Crippen LogP contribution < -0.4 is 5.32 Å². The molecule has 92 valence electrons. The summed E-state index contributed by atoms with van der Waals surface area (Å²) in [6.45, 7) is 0. The number of thiophene rings is 1. The summed E-state index contributed by atoms with van der Waals surface area (Å²) in [5, 5.41) is 4.30. The normalized spacial score (nSPS) is 20.1. The van der Waals surface area contributed by atoms with E-state index >= 15 is 0 Å². The number of likely N-dealkylation sites (N-methyl/N-ethyl adjacent to an activating group) is 1. The molecule has 0 aromatic carbocycles. The van der Waals surface area contributed by atoms with Crippen LogP contribution in [-0.4, -0.2) is 13.1 Å². The molecule has 0 spiro atoms. The smallest absolute Gasteiger partial charge is 0.317 e. The lowest BCUT2D eigenvalue weighted by molar-refractivity contribution is -0.138. The molecule has 0 saturated carbocycles. The molecule has 1 nitrogen and oxygen atoms in total. The zero-order chi connectivity index (χ0) is 11.1. The van der Waals surface area contributed by atoms with Crippen molar-refractivity contribution in [1.82, 2.24) is 5.32 Å². The van der Waals surface area contributed by atoms with Gasteiger partial charge >= 0.3 is 6.18 Å². The van der Waals surface area contributed by atoms with Gasteiger partial charge in [0, 0.05) is 16.3 Å². The van der Waals surface area contributed by atoms with Crippen LogP contribution in [0.4, 0.5) is 13.2 Å². The standard InChI is InChI=1S/C10H12F3NS.ClH/c1-14-6-2-3-9-7(4-6)8(5-15-9)10(11,12)13;/h5-6,14H,2-4H2,1H3;1H. The van der Waals surface area contributed by atoms with E-state index in [4.69, 9.17) is 0 Å². The van der Waals surface area contributed by atoms with Crippen molar-refractivity contribution in [1.29, 1.82) is 0 Å². The summed E-state index contributed by atoms with van der Waals surface area (Å²) < 4.78 is 37.9. The molecule has 1 N–H and O–H groups in total. The largest absolute Gasteiger partial charge is 0.417 e. The van der Waals surface area contributed by atoms with Crippen molar-refractivity contribution in [2.45, 2.75) is 31.5 Å². The number of fused-ring (bicyclic) bond motifs is 1. The number of nitrogens with one attached hydrogen (secondary N) is 1. The van der Waals surface area contributed by atoms with Gasteiger partial charge < -0.3 is 5.32 Å². The number of hydrogen-bond acceptors (Lipinski definition) is 2. The van der Waals surface area contributed by atoms with Crippen LogP contribution >= 0.6 is 23.7 Å². The number of alkyl halides is 3. The van der Waals surface area contributed by atoms with Crippen LogP contribution in [0, 0.1) is 0 Å². The first kappa shape index (κ1) is 13.8. The molecular formula is C10H13ClF3NS. The molecule has 1 atom stereocenters. The number of rotatable bonds is 1. The Morgan fingerprint density at radius 1 is 1.44 bits per heavy atom. The fraction of sp³-hybridized carbons (Fsp3) is 0.600. The highest BCUT2D eigenvalue weighted by Crippen LogP contribution is 2.39. The van der Waals surface area contributed by atoms with Crippen molar-refractivity contribution in [3.63, 3.8) is 0 Å². The first-order chi connectivity index (χ1) is 7.02. The monoisotopic (exact) mass is 271 g/mol. The average Bonchev–Trinajstić information content (AvgIpc) is 2.59. The lowest BCUT2D eigenvalue weighted by atomic mass is 9.92. The van der Waals surface area contributed by atoms with E-state index < -0.39 is 11.7 Å². The Balaban J connectivity index is 0.00000128. The van der Waals surface area contributed by atoms with Gasteiger partial charge in [-0.25, -0.2) is 0 Å². The Labute approximate surface area is 102 Å². The van der Waals surface area contributed by atoms with Gasteiger partial charge in [-0.2, -0.15) is 13.2 Å². The van der Waals surface area contributed by atoms with Gasteiger partial charge in [-0.05, 0) is 31.9 Å². The van der Waals surface area contributed by atoms with Crippen molar-refractivity contribution < 1.29 is 13.2 Å². The van der Waals surface area contributed by atoms with E-state index in [1.807, 2.05) is 0 Å². The maximum absolute atomic E-state index is 12.6. The molecule has 6 heteroatoms. The summed E-state index contributed by atoms with van der Waals surface area (Å²) in [7, 11) is 1.80. The van der Waals surface area contributed by atoms with E-state index in [-0.39, 0.29) is 18.4 Å². The van der Waals surface area contributed by atoms with Gasteiger partial charge in [0.25, 0.3) is 0 Å². The molecule has 16 heavy (non-hydrogen) atoms. The van der Waals surface area contributed by atoms with E-state index in [0.29, 0.717) is 12.0 Å². The minimum Gasteiger partial charge on any atom is -0.317 e. The number of aryl methyl sites for hydroxylation is 1. The van der Waals surface area contributed by atoms with Gasteiger partial charge in [0.15, 0.2) is 0 Å². The van der Waals surface area contributed by atoms with E-state index in [0.717, 1.165) is 17.7 Å². The first-order valence-corrected chi connectivity index (χ1v) is 5.74. The third-order valence-electron chi connectivity index (χ3n) is 2.86. The van der Waals surface area contributed by atoms with Gasteiger partial charge in [-0.3, -0.25) is 0 Å². The molecule has 1 aromatic rings. The molecule has 1 heterocycles. The zero-order valence-electron chi connectivity index (χ0n) is 8.73. The van der Waals surface area contributed by atoms with Crippen LogP contribution in [0.25, 0.3) is 0 Å². The molecule has 0 bridgehead atoms. The van der Waals surface area contributed by atoms with Gasteiger partial charge in [-0.15, -0.1) is 23.7 Å². The Morgan fingerprint density at radius 3 is 2.69 bits per heavy atom. The summed E-state index contributed by atoms with van der Waals surface area (Å²) in [4.78, 5) is 0.911. The lowest BCUT2D eigenvalue weighted by Crippen LogP contribution is -2.31. The lowest BCUT2D eigenvalue weighted by Gasteiger charge is -2.23. The van der Waals surface area contributed by atoms with Crippen molar-refractivity contribution in [3.05, 3.63) is 21.4 Å². The SMILES string of the molecule is CNC1CCc2scc(C(F)(F)F)c2C1.Cl. The second-order valence-electron chi connectivity index (χ2n) is 3.78. The molecule has 1 aliphatic rings. The minimum atomic E-state index is -4.19. The van der Waals surface area contributed by atoms with E-state index in [1.54, 1.807) is 7.05 Å². The molecule has 0 fully saturated rings. The molecule has 0 aliphatic heterocycles. The van der Waals surface area contributed by atoms with Crippen LogP contribution in [0.15, 0.2) is 5.38 Å². The Bertz CT molecular complexity index is 361. The van der Waals surface area contributed by atoms with Crippen LogP contribution in [-0.2, 0) is 19.0 Å². The molecule has 2 rings (SSSR count). The van der Waals surface area contributed by atoms with Crippen LogP contribution in [0.5, 0.6) is 0 Å².